The molecular formula is C13H20ClN. The molecule has 0 aromatic heterocycles. The third-order valence-electron chi connectivity index (χ3n) is 2.78. The standard InChI is InChI=1S/C13H20ClN/c1-4-12(5-2)15-9-11-7-6-10(3)8-13(11)14/h6-8,12,15H,4-5,9H2,1-3H3. The molecule has 0 radical (unpaired) electrons. The molecule has 2 heteroatoms. The van der Waals surface area contributed by atoms with E-state index < -0.39 is 0 Å². The van der Waals surface area contributed by atoms with Crippen molar-refractivity contribution in [2.45, 2.75) is 46.2 Å². The predicted molar refractivity (Wildman–Crippen MR) is 67.4 cm³/mol. The van der Waals surface area contributed by atoms with Crippen LogP contribution in [0.15, 0.2) is 18.2 Å². The first kappa shape index (κ1) is 12.5. The van der Waals surface area contributed by atoms with E-state index in [4.69, 9.17) is 11.6 Å². The highest BCUT2D eigenvalue weighted by Gasteiger charge is 2.04. The Kier molecular flexibility index (Phi) is 5.13. The number of halogens is 1. The average Bonchev–Trinajstić information content (AvgIpc) is 2.22. The summed E-state index contributed by atoms with van der Waals surface area (Å²) in [7, 11) is 0. The maximum atomic E-state index is 6.16. The molecule has 0 heterocycles. The Morgan fingerprint density at radius 3 is 2.47 bits per heavy atom. The van der Waals surface area contributed by atoms with Gasteiger partial charge in [-0.2, -0.15) is 0 Å². The minimum absolute atomic E-state index is 0.599. The van der Waals surface area contributed by atoms with Gasteiger partial charge in [-0.25, -0.2) is 0 Å². The normalized spacial score (nSPS) is 11.0. The lowest BCUT2D eigenvalue weighted by Crippen LogP contribution is -2.27. The Morgan fingerprint density at radius 2 is 1.93 bits per heavy atom. The Bertz CT molecular complexity index is 305. The number of hydrogen-bond acceptors (Lipinski definition) is 1. The summed E-state index contributed by atoms with van der Waals surface area (Å²) in [5, 5.41) is 4.38. The summed E-state index contributed by atoms with van der Waals surface area (Å²) >= 11 is 6.16. The molecule has 84 valence electrons. The molecule has 0 amide bonds. The highest BCUT2D eigenvalue weighted by atomic mass is 35.5. The lowest BCUT2D eigenvalue weighted by atomic mass is 10.1. The monoisotopic (exact) mass is 225 g/mol. The zero-order chi connectivity index (χ0) is 11.3. The van der Waals surface area contributed by atoms with Crippen LogP contribution in [0, 0.1) is 6.92 Å². The highest BCUT2D eigenvalue weighted by molar-refractivity contribution is 6.31. The van der Waals surface area contributed by atoms with Crippen LogP contribution in [0.2, 0.25) is 5.02 Å². The molecule has 1 aromatic rings. The summed E-state index contributed by atoms with van der Waals surface area (Å²) in [5.74, 6) is 0. The van der Waals surface area contributed by atoms with Gasteiger partial charge in [0.2, 0.25) is 0 Å². The molecule has 1 rings (SSSR count). The summed E-state index contributed by atoms with van der Waals surface area (Å²) in [6.07, 6.45) is 2.33. The van der Waals surface area contributed by atoms with Gasteiger partial charge < -0.3 is 5.32 Å². The van der Waals surface area contributed by atoms with E-state index in [1.807, 2.05) is 6.07 Å². The molecule has 1 N–H and O–H groups in total. The Labute approximate surface area is 97.8 Å². The quantitative estimate of drug-likeness (QED) is 0.801. The van der Waals surface area contributed by atoms with Crippen LogP contribution in [0.4, 0.5) is 0 Å². The van der Waals surface area contributed by atoms with Crippen molar-refractivity contribution in [3.8, 4) is 0 Å². The van der Waals surface area contributed by atoms with Gasteiger partial charge in [-0.05, 0) is 37.0 Å². The molecule has 0 fully saturated rings. The maximum Gasteiger partial charge on any atom is 0.0453 e. The minimum Gasteiger partial charge on any atom is -0.310 e. The molecule has 0 aliphatic heterocycles. The van der Waals surface area contributed by atoms with Gasteiger partial charge >= 0.3 is 0 Å². The summed E-state index contributed by atoms with van der Waals surface area (Å²) < 4.78 is 0. The molecule has 0 spiro atoms. The van der Waals surface area contributed by atoms with Gasteiger partial charge in [0.15, 0.2) is 0 Å². The molecular weight excluding hydrogens is 206 g/mol. The van der Waals surface area contributed by atoms with Crippen molar-refractivity contribution in [3.63, 3.8) is 0 Å². The summed E-state index contributed by atoms with van der Waals surface area (Å²) in [6.45, 7) is 7.34. The molecule has 0 atom stereocenters. The molecule has 0 saturated carbocycles. The maximum absolute atomic E-state index is 6.16. The minimum atomic E-state index is 0.599. The van der Waals surface area contributed by atoms with Gasteiger partial charge in [-0.3, -0.25) is 0 Å². The van der Waals surface area contributed by atoms with Crippen LogP contribution >= 0.6 is 11.6 Å². The summed E-state index contributed by atoms with van der Waals surface area (Å²) in [5.41, 5.74) is 2.40. The van der Waals surface area contributed by atoms with Crippen molar-refractivity contribution in [2.75, 3.05) is 0 Å². The van der Waals surface area contributed by atoms with E-state index in [9.17, 15) is 0 Å². The fraction of sp³-hybridized carbons (Fsp3) is 0.538. The van der Waals surface area contributed by atoms with E-state index in [-0.39, 0.29) is 0 Å². The number of rotatable bonds is 5. The van der Waals surface area contributed by atoms with E-state index in [2.05, 4.69) is 38.2 Å². The van der Waals surface area contributed by atoms with Crippen LogP contribution in [0.5, 0.6) is 0 Å². The highest BCUT2D eigenvalue weighted by Crippen LogP contribution is 2.17. The van der Waals surface area contributed by atoms with E-state index in [1.54, 1.807) is 0 Å². The van der Waals surface area contributed by atoms with Crippen LogP contribution in [0.3, 0.4) is 0 Å². The second-order valence-corrected chi connectivity index (χ2v) is 4.40. The van der Waals surface area contributed by atoms with Gasteiger partial charge in [-0.15, -0.1) is 0 Å². The van der Waals surface area contributed by atoms with Gasteiger partial charge in [0.05, 0.1) is 0 Å². The fourth-order valence-corrected chi connectivity index (χ4v) is 1.93. The molecule has 0 bridgehead atoms. The van der Waals surface area contributed by atoms with Crippen LogP contribution in [0.25, 0.3) is 0 Å². The lowest BCUT2D eigenvalue weighted by Gasteiger charge is -2.15. The van der Waals surface area contributed by atoms with Crippen LogP contribution in [-0.4, -0.2) is 6.04 Å². The zero-order valence-corrected chi connectivity index (χ0v) is 10.6. The van der Waals surface area contributed by atoms with Crippen molar-refractivity contribution >= 4 is 11.6 Å². The lowest BCUT2D eigenvalue weighted by molar-refractivity contribution is 0.484. The molecule has 0 aliphatic carbocycles. The van der Waals surface area contributed by atoms with Crippen molar-refractivity contribution in [3.05, 3.63) is 34.3 Å². The average molecular weight is 226 g/mol. The number of aryl methyl sites for hydroxylation is 1. The molecule has 0 unspecified atom stereocenters. The molecule has 0 saturated heterocycles. The zero-order valence-electron chi connectivity index (χ0n) is 9.81. The first-order valence-corrected chi connectivity index (χ1v) is 6.03. The van der Waals surface area contributed by atoms with Crippen molar-refractivity contribution < 1.29 is 0 Å². The smallest absolute Gasteiger partial charge is 0.0453 e. The number of benzene rings is 1. The van der Waals surface area contributed by atoms with Crippen LogP contribution in [0.1, 0.15) is 37.8 Å². The molecule has 0 aliphatic rings. The second kappa shape index (κ2) is 6.14. The van der Waals surface area contributed by atoms with Gasteiger partial charge in [0.1, 0.15) is 0 Å². The first-order valence-electron chi connectivity index (χ1n) is 5.65. The van der Waals surface area contributed by atoms with E-state index >= 15 is 0 Å². The second-order valence-electron chi connectivity index (χ2n) is 3.99. The predicted octanol–water partition coefficient (Wildman–Crippen LogP) is 3.93. The van der Waals surface area contributed by atoms with Crippen LogP contribution < -0.4 is 5.32 Å². The van der Waals surface area contributed by atoms with E-state index in [0.29, 0.717) is 6.04 Å². The van der Waals surface area contributed by atoms with E-state index in [1.165, 1.54) is 24.0 Å². The Hall–Kier alpha value is -0.530. The van der Waals surface area contributed by atoms with Gasteiger partial charge in [0, 0.05) is 17.6 Å². The third-order valence-corrected chi connectivity index (χ3v) is 3.13. The largest absolute Gasteiger partial charge is 0.310 e. The first-order chi connectivity index (χ1) is 7.17. The summed E-state index contributed by atoms with van der Waals surface area (Å²) in [6, 6.07) is 6.83. The van der Waals surface area contributed by atoms with Crippen molar-refractivity contribution in [1.82, 2.24) is 5.32 Å². The number of nitrogens with one attached hydrogen (secondary N) is 1. The molecule has 15 heavy (non-hydrogen) atoms. The van der Waals surface area contributed by atoms with Crippen LogP contribution in [-0.2, 0) is 6.54 Å². The van der Waals surface area contributed by atoms with Crippen molar-refractivity contribution in [1.29, 1.82) is 0 Å². The van der Waals surface area contributed by atoms with Crippen molar-refractivity contribution in [2.24, 2.45) is 0 Å². The Morgan fingerprint density at radius 1 is 1.27 bits per heavy atom. The summed E-state index contributed by atoms with van der Waals surface area (Å²) in [4.78, 5) is 0. The molecule has 1 aromatic carbocycles. The fourth-order valence-electron chi connectivity index (χ4n) is 1.63. The van der Waals surface area contributed by atoms with Gasteiger partial charge in [-0.1, -0.05) is 37.6 Å². The topological polar surface area (TPSA) is 12.0 Å². The third kappa shape index (κ3) is 3.84. The van der Waals surface area contributed by atoms with Gasteiger partial charge in [0.25, 0.3) is 0 Å². The molecule has 1 nitrogen and oxygen atoms in total. The van der Waals surface area contributed by atoms with E-state index in [0.717, 1.165) is 11.6 Å². The number of hydrogen-bond donors (Lipinski definition) is 1. The SMILES string of the molecule is CCC(CC)NCc1ccc(C)cc1Cl. The Balaban J connectivity index is 2.57.